The predicted molar refractivity (Wildman–Crippen MR) is 69.4 cm³/mol. The Morgan fingerprint density at radius 1 is 1.53 bits per heavy atom. The molecule has 0 fully saturated rings. The SMILES string of the molecule is CCCC(N=O)NCC(O)C1=CC(=[N+]=[N-])C(=O)C=C1. The first-order valence-corrected chi connectivity index (χ1v) is 6.02. The van der Waals surface area contributed by atoms with Crippen molar-refractivity contribution in [2.45, 2.75) is 32.0 Å². The van der Waals surface area contributed by atoms with Crippen molar-refractivity contribution in [1.29, 1.82) is 0 Å². The molecule has 7 nitrogen and oxygen atoms in total. The van der Waals surface area contributed by atoms with E-state index in [1.807, 2.05) is 6.92 Å². The standard InChI is InChI=1S/C12H16N4O3/c1-2-3-12(16-19)14-7-11(18)8-4-5-10(17)9(6-8)15-13/h4-6,11-12,14,18H,2-3,7H2,1H3. The molecule has 0 aromatic rings. The van der Waals surface area contributed by atoms with E-state index in [-0.39, 0.29) is 12.3 Å². The van der Waals surface area contributed by atoms with Crippen molar-refractivity contribution in [3.63, 3.8) is 0 Å². The fourth-order valence-corrected chi connectivity index (χ4v) is 1.65. The molecule has 7 heteroatoms. The highest BCUT2D eigenvalue weighted by Crippen LogP contribution is 2.10. The van der Waals surface area contributed by atoms with Crippen molar-refractivity contribution in [1.82, 2.24) is 5.32 Å². The van der Waals surface area contributed by atoms with Crippen LogP contribution in [0.15, 0.2) is 29.0 Å². The molecule has 0 bridgehead atoms. The van der Waals surface area contributed by atoms with Crippen molar-refractivity contribution < 1.29 is 14.7 Å². The van der Waals surface area contributed by atoms with Crippen molar-refractivity contribution >= 4 is 11.5 Å². The zero-order valence-electron chi connectivity index (χ0n) is 10.6. The van der Waals surface area contributed by atoms with Gasteiger partial charge in [0.1, 0.15) is 6.17 Å². The maximum absolute atomic E-state index is 11.2. The number of nitrogens with zero attached hydrogens (tertiary/aromatic N) is 3. The maximum atomic E-state index is 11.2. The fourth-order valence-electron chi connectivity index (χ4n) is 1.65. The second-order valence-electron chi connectivity index (χ2n) is 4.16. The van der Waals surface area contributed by atoms with E-state index in [0.29, 0.717) is 12.0 Å². The van der Waals surface area contributed by atoms with Gasteiger partial charge in [-0.05, 0) is 18.1 Å². The summed E-state index contributed by atoms with van der Waals surface area (Å²) in [6.45, 7) is 2.05. The Bertz CT molecular complexity index is 464. The van der Waals surface area contributed by atoms with Crippen LogP contribution in [0.1, 0.15) is 19.8 Å². The number of allylic oxidation sites excluding steroid dienone is 2. The molecule has 102 valence electrons. The molecule has 1 aliphatic rings. The van der Waals surface area contributed by atoms with E-state index in [1.54, 1.807) is 0 Å². The number of hydrogen-bond donors (Lipinski definition) is 2. The number of carbonyl (C=O) groups is 1. The Balaban J connectivity index is 2.61. The number of aliphatic hydroxyl groups excluding tert-OH is 1. The number of ketones is 1. The second kappa shape index (κ2) is 7.48. The summed E-state index contributed by atoms with van der Waals surface area (Å²) in [6, 6.07) is 0. The third-order valence-corrected chi connectivity index (χ3v) is 2.71. The number of aliphatic hydroxyl groups is 1. The maximum Gasteiger partial charge on any atom is 0.362 e. The summed E-state index contributed by atoms with van der Waals surface area (Å²) in [4.78, 5) is 24.6. The molecule has 1 aliphatic carbocycles. The fraction of sp³-hybridized carbons (Fsp3) is 0.500. The minimum Gasteiger partial charge on any atom is -0.387 e. The van der Waals surface area contributed by atoms with Crippen LogP contribution in [-0.4, -0.2) is 40.2 Å². The van der Waals surface area contributed by atoms with Crippen LogP contribution in [-0.2, 0) is 4.79 Å². The molecule has 0 aliphatic heterocycles. The molecular weight excluding hydrogens is 248 g/mol. The molecule has 0 saturated heterocycles. The van der Waals surface area contributed by atoms with E-state index < -0.39 is 18.1 Å². The molecule has 19 heavy (non-hydrogen) atoms. The van der Waals surface area contributed by atoms with Gasteiger partial charge in [-0.1, -0.05) is 24.6 Å². The van der Waals surface area contributed by atoms with Gasteiger partial charge in [-0.25, -0.2) is 0 Å². The highest BCUT2D eigenvalue weighted by molar-refractivity contribution is 6.46. The van der Waals surface area contributed by atoms with Crippen LogP contribution in [0.25, 0.3) is 5.53 Å². The Morgan fingerprint density at radius 3 is 2.84 bits per heavy atom. The van der Waals surface area contributed by atoms with Gasteiger partial charge < -0.3 is 10.6 Å². The van der Waals surface area contributed by atoms with E-state index in [9.17, 15) is 14.8 Å². The van der Waals surface area contributed by atoms with E-state index in [0.717, 1.165) is 6.42 Å². The lowest BCUT2D eigenvalue weighted by atomic mass is 10.00. The smallest absolute Gasteiger partial charge is 0.362 e. The molecule has 1 rings (SSSR count). The molecule has 0 saturated carbocycles. The molecule has 2 unspecified atom stereocenters. The molecule has 0 aromatic carbocycles. The van der Waals surface area contributed by atoms with Crippen molar-refractivity contribution in [3.05, 3.63) is 34.2 Å². The van der Waals surface area contributed by atoms with Gasteiger partial charge in [0.25, 0.3) is 5.78 Å². The number of hydrogen-bond acceptors (Lipinski definition) is 5. The topological polar surface area (TPSA) is 115 Å². The number of rotatable bonds is 7. The normalized spacial score (nSPS) is 17.7. The molecule has 0 amide bonds. The highest BCUT2D eigenvalue weighted by Gasteiger charge is 2.22. The zero-order chi connectivity index (χ0) is 14.3. The number of nitroso groups, excluding NO2 is 1. The Kier molecular flexibility index (Phi) is 5.95. The van der Waals surface area contributed by atoms with Gasteiger partial charge in [-0.2, -0.15) is 4.79 Å². The number of carbonyl (C=O) groups excluding carboxylic acids is 1. The molecule has 0 aromatic heterocycles. The van der Waals surface area contributed by atoms with Gasteiger partial charge in [-0.15, -0.1) is 4.91 Å². The van der Waals surface area contributed by atoms with Crippen LogP contribution in [0, 0.1) is 4.91 Å². The summed E-state index contributed by atoms with van der Waals surface area (Å²) in [5.41, 5.74) is 8.92. The number of nitrogens with one attached hydrogen (secondary N) is 1. The average molecular weight is 264 g/mol. The van der Waals surface area contributed by atoms with Gasteiger partial charge >= 0.3 is 5.71 Å². The first-order valence-electron chi connectivity index (χ1n) is 6.02. The van der Waals surface area contributed by atoms with Gasteiger partial charge in [0.05, 0.1) is 6.10 Å². The minimum atomic E-state index is -0.915. The Labute approximate surface area is 110 Å². The lowest BCUT2D eigenvalue weighted by Gasteiger charge is -2.16. The zero-order valence-corrected chi connectivity index (χ0v) is 10.6. The van der Waals surface area contributed by atoms with Crippen LogP contribution in [0.4, 0.5) is 0 Å². The molecule has 0 heterocycles. The lowest BCUT2D eigenvalue weighted by molar-refractivity contribution is -0.112. The van der Waals surface area contributed by atoms with Crippen molar-refractivity contribution in [3.8, 4) is 0 Å². The predicted octanol–water partition coefficient (Wildman–Crippen LogP) is 0.566. The third kappa shape index (κ3) is 4.33. The van der Waals surface area contributed by atoms with Crippen LogP contribution < -0.4 is 5.32 Å². The Hall–Kier alpha value is -1.95. The van der Waals surface area contributed by atoms with Crippen LogP contribution in [0.2, 0.25) is 0 Å². The molecule has 0 spiro atoms. The van der Waals surface area contributed by atoms with Crippen LogP contribution >= 0.6 is 0 Å². The summed E-state index contributed by atoms with van der Waals surface area (Å²) < 4.78 is 0. The largest absolute Gasteiger partial charge is 0.387 e. The van der Waals surface area contributed by atoms with E-state index >= 15 is 0 Å². The molecule has 0 radical (unpaired) electrons. The molecular formula is C12H16N4O3. The molecule has 2 atom stereocenters. The van der Waals surface area contributed by atoms with E-state index in [4.69, 9.17) is 5.53 Å². The lowest BCUT2D eigenvalue weighted by Crippen LogP contribution is -2.35. The second-order valence-corrected chi connectivity index (χ2v) is 4.16. The highest BCUT2D eigenvalue weighted by atomic mass is 16.3. The molecule has 2 N–H and O–H groups in total. The monoisotopic (exact) mass is 264 g/mol. The summed E-state index contributed by atoms with van der Waals surface area (Å²) in [5, 5.41) is 15.6. The third-order valence-electron chi connectivity index (χ3n) is 2.71. The summed E-state index contributed by atoms with van der Waals surface area (Å²) in [6.07, 6.45) is 3.91. The Morgan fingerprint density at radius 2 is 2.26 bits per heavy atom. The quantitative estimate of drug-likeness (QED) is 0.302. The van der Waals surface area contributed by atoms with Crippen LogP contribution in [0.3, 0.4) is 0 Å². The summed E-state index contributed by atoms with van der Waals surface area (Å²) >= 11 is 0. The van der Waals surface area contributed by atoms with Gasteiger partial charge in [0.2, 0.25) is 0 Å². The van der Waals surface area contributed by atoms with Gasteiger partial charge in [-0.3, -0.25) is 10.1 Å². The first-order chi connectivity index (χ1) is 9.12. The minimum absolute atomic E-state index is 0.124. The van der Waals surface area contributed by atoms with E-state index in [1.165, 1.54) is 18.2 Å². The first kappa shape index (κ1) is 15.1. The summed E-state index contributed by atoms with van der Waals surface area (Å²) in [7, 11) is 0. The summed E-state index contributed by atoms with van der Waals surface area (Å²) in [5.74, 6) is -0.426. The van der Waals surface area contributed by atoms with Crippen molar-refractivity contribution in [2.24, 2.45) is 5.18 Å². The van der Waals surface area contributed by atoms with E-state index in [2.05, 4.69) is 15.3 Å². The van der Waals surface area contributed by atoms with Gasteiger partial charge in [0, 0.05) is 12.6 Å². The van der Waals surface area contributed by atoms with Crippen molar-refractivity contribution in [2.75, 3.05) is 6.54 Å². The van der Waals surface area contributed by atoms with Gasteiger partial charge in [0.15, 0.2) is 0 Å². The average Bonchev–Trinajstić information content (AvgIpc) is 2.43. The van der Waals surface area contributed by atoms with Crippen LogP contribution in [0.5, 0.6) is 0 Å².